The van der Waals surface area contributed by atoms with E-state index in [1.165, 1.54) is 6.07 Å². The van der Waals surface area contributed by atoms with Crippen LogP contribution >= 0.6 is 0 Å². The molecule has 0 fully saturated rings. The van der Waals surface area contributed by atoms with Gasteiger partial charge in [0.15, 0.2) is 0 Å². The van der Waals surface area contributed by atoms with Gasteiger partial charge in [0.2, 0.25) is 0 Å². The molecule has 0 N–H and O–H groups in total. The van der Waals surface area contributed by atoms with E-state index in [1.54, 1.807) is 30.3 Å². The van der Waals surface area contributed by atoms with E-state index >= 15 is 0 Å². The minimum atomic E-state index is -4.24. The molecular weight excluding hydrogens is 296 g/mol. The molecule has 1 nitrogen and oxygen atoms in total. The van der Waals surface area contributed by atoms with Gasteiger partial charge in [-0.25, -0.2) is 0 Å². The van der Waals surface area contributed by atoms with Gasteiger partial charge in [-0.05, 0) is 0 Å². The Hall–Kier alpha value is -1.03. The van der Waals surface area contributed by atoms with Gasteiger partial charge in [-0.2, -0.15) is 0 Å². The summed E-state index contributed by atoms with van der Waals surface area (Å²) in [6.07, 6.45) is 0. The van der Waals surface area contributed by atoms with Crippen LogP contribution in [0.2, 0.25) is 0 Å². The quantitative estimate of drug-likeness (QED) is 0.760. The fourth-order valence-corrected chi connectivity index (χ4v) is 3.29. The zero-order valence-corrected chi connectivity index (χ0v) is 10.3. The number of hydrogen-bond acceptors (Lipinski definition) is 0. The first kappa shape index (κ1) is 12.4. The van der Waals surface area contributed by atoms with E-state index in [2.05, 4.69) is 0 Å². The SMILES string of the molecule is [O]Cc1ccc2ccccc2c1[Se]C(F)(F)F. The van der Waals surface area contributed by atoms with Crippen molar-refractivity contribution in [1.82, 2.24) is 0 Å². The predicted molar refractivity (Wildman–Crippen MR) is 59.8 cm³/mol. The van der Waals surface area contributed by atoms with Crippen LogP contribution < -0.4 is 4.46 Å². The van der Waals surface area contributed by atoms with Crippen LogP contribution in [0.1, 0.15) is 5.56 Å². The van der Waals surface area contributed by atoms with E-state index in [9.17, 15) is 18.3 Å². The Morgan fingerprint density at radius 1 is 1.06 bits per heavy atom. The molecule has 2 rings (SSSR count). The number of benzene rings is 2. The maximum absolute atomic E-state index is 12.5. The molecule has 2 aromatic carbocycles. The molecule has 0 saturated carbocycles. The summed E-state index contributed by atoms with van der Waals surface area (Å²) < 4.78 is 37.7. The van der Waals surface area contributed by atoms with Crippen LogP contribution in [0.5, 0.6) is 0 Å². The molecular formula is C12H8F3OSe. The first-order valence-electron chi connectivity index (χ1n) is 4.86. The number of rotatable bonds is 2. The van der Waals surface area contributed by atoms with Gasteiger partial charge in [-0.3, -0.25) is 0 Å². The van der Waals surface area contributed by atoms with Crippen LogP contribution in [0.15, 0.2) is 36.4 Å². The van der Waals surface area contributed by atoms with Crippen molar-refractivity contribution in [2.75, 3.05) is 0 Å². The van der Waals surface area contributed by atoms with Crippen molar-refractivity contribution in [3.05, 3.63) is 42.0 Å². The normalized spacial score (nSPS) is 12.0. The molecule has 5 heteroatoms. The summed E-state index contributed by atoms with van der Waals surface area (Å²) in [5, 5.41) is 7.97. The van der Waals surface area contributed by atoms with Crippen molar-refractivity contribution in [2.45, 2.75) is 11.7 Å². The molecule has 0 aliphatic carbocycles. The summed E-state index contributed by atoms with van der Waals surface area (Å²) in [5.74, 6) is 0. The zero-order valence-electron chi connectivity index (χ0n) is 8.62. The van der Waals surface area contributed by atoms with Crippen molar-refractivity contribution in [1.29, 1.82) is 0 Å². The second-order valence-electron chi connectivity index (χ2n) is 3.47. The molecule has 17 heavy (non-hydrogen) atoms. The Morgan fingerprint density at radius 3 is 2.41 bits per heavy atom. The topological polar surface area (TPSA) is 19.9 Å². The molecule has 0 amide bonds. The fourth-order valence-electron chi connectivity index (χ4n) is 1.64. The third kappa shape index (κ3) is 2.80. The van der Waals surface area contributed by atoms with Crippen LogP contribution in [0.25, 0.3) is 10.8 Å². The van der Waals surface area contributed by atoms with Gasteiger partial charge in [0.25, 0.3) is 0 Å². The molecule has 0 spiro atoms. The molecule has 0 atom stereocenters. The Kier molecular flexibility index (Phi) is 3.43. The molecule has 0 aliphatic rings. The Bertz CT molecular complexity index is 537. The van der Waals surface area contributed by atoms with Crippen molar-refractivity contribution in [2.24, 2.45) is 0 Å². The van der Waals surface area contributed by atoms with Crippen molar-refractivity contribution in [3.63, 3.8) is 0 Å². The van der Waals surface area contributed by atoms with Gasteiger partial charge in [0.1, 0.15) is 0 Å². The first-order chi connectivity index (χ1) is 8.01. The van der Waals surface area contributed by atoms with Crippen molar-refractivity contribution in [3.8, 4) is 0 Å². The number of alkyl halides is 3. The standard InChI is InChI=1S/C12H8F3OSe/c13-12(14,15)17-11-9(7-16)6-5-8-3-1-2-4-10(8)11/h1-6H,7H2. The van der Waals surface area contributed by atoms with Gasteiger partial charge in [-0.1, -0.05) is 0 Å². The van der Waals surface area contributed by atoms with Crippen LogP contribution in [0.3, 0.4) is 0 Å². The third-order valence-corrected chi connectivity index (χ3v) is 4.26. The maximum atomic E-state index is 12.5. The molecule has 0 bridgehead atoms. The van der Waals surface area contributed by atoms with E-state index in [4.69, 9.17) is 0 Å². The molecule has 0 heterocycles. The summed E-state index contributed by atoms with van der Waals surface area (Å²) in [5.41, 5.74) is 0.251. The number of hydrogen-bond donors (Lipinski definition) is 0. The third-order valence-electron chi connectivity index (χ3n) is 2.33. The van der Waals surface area contributed by atoms with Gasteiger partial charge in [0, 0.05) is 0 Å². The minimum absolute atomic E-state index is 0.165. The summed E-state index contributed by atoms with van der Waals surface area (Å²) in [7, 11) is 0. The first-order valence-corrected chi connectivity index (χ1v) is 6.57. The van der Waals surface area contributed by atoms with Crippen LogP contribution in [-0.2, 0) is 11.7 Å². The van der Waals surface area contributed by atoms with E-state index < -0.39 is 26.6 Å². The van der Waals surface area contributed by atoms with Crippen LogP contribution in [-0.4, -0.2) is 20.0 Å². The molecule has 0 aromatic heterocycles. The van der Waals surface area contributed by atoms with Gasteiger partial charge in [-0.15, -0.1) is 0 Å². The average molecular weight is 304 g/mol. The predicted octanol–water partition coefficient (Wildman–Crippen LogP) is 2.62. The summed E-state index contributed by atoms with van der Waals surface area (Å²) >= 11 is -1.67. The van der Waals surface area contributed by atoms with Gasteiger partial charge >= 0.3 is 102 Å². The average Bonchev–Trinajstić information content (AvgIpc) is 2.28. The summed E-state index contributed by atoms with van der Waals surface area (Å²) in [6, 6.07) is 10.0. The fraction of sp³-hybridized carbons (Fsp3) is 0.167. The monoisotopic (exact) mass is 305 g/mol. The molecule has 1 radical (unpaired) electrons. The second kappa shape index (κ2) is 4.69. The van der Waals surface area contributed by atoms with Crippen LogP contribution in [0, 0.1) is 0 Å². The van der Waals surface area contributed by atoms with E-state index in [1.807, 2.05) is 0 Å². The number of fused-ring (bicyclic) bond motifs is 1. The van der Waals surface area contributed by atoms with E-state index in [0.29, 0.717) is 5.39 Å². The molecule has 0 aliphatic heterocycles. The molecule has 89 valence electrons. The number of halogens is 3. The van der Waals surface area contributed by atoms with Crippen LogP contribution in [0.4, 0.5) is 13.2 Å². The Morgan fingerprint density at radius 2 is 1.76 bits per heavy atom. The van der Waals surface area contributed by atoms with Gasteiger partial charge in [0.05, 0.1) is 0 Å². The van der Waals surface area contributed by atoms with E-state index in [-0.39, 0.29) is 10.0 Å². The zero-order chi connectivity index (χ0) is 12.5. The Labute approximate surface area is 102 Å². The van der Waals surface area contributed by atoms with Crippen molar-refractivity contribution >= 4 is 30.2 Å². The van der Waals surface area contributed by atoms with E-state index in [0.717, 1.165) is 5.39 Å². The second-order valence-corrected chi connectivity index (χ2v) is 5.72. The molecule has 2 aromatic rings. The Balaban J connectivity index is 2.63. The van der Waals surface area contributed by atoms with Crippen molar-refractivity contribution < 1.29 is 18.3 Å². The molecule has 0 saturated heterocycles. The summed E-state index contributed by atoms with van der Waals surface area (Å²) in [4.78, 5) is 0. The summed E-state index contributed by atoms with van der Waals surface area (Å²) in [6.45, 7) is -0.613. The van der Waals surface area contributed by atoms with Gasteiger partial charge < -0.3 is 0 Å². The molecule has 0 unspecified atom stereocenters.